The highest BCUT2D eigenvalue weighted by atomic mass is 32.2. The maximum atomic E-state index is 12.3. The van der Waals surface area contributed by atoms with Crippen LogP contribution in [0.25, 0.3) is 0 Å². The second kappa shape index (κ2) is 8.55. The van der Waals surface area contributed by atoms with Gasteiger partial charge in [0, 0.05) is 11.4 Å². The van der Waals surface area contributed by atoms with E-state index in [0.717, 1.165) is 29.8 Å². The lowest BCUT2D eigenvalue weighted by atomic mass is 10.1. The predicted molar refractivity (Wildman–Crippen MR) is 101 cm³/mol. The number of fused-ring (bicyclic) bond motifs is 1. The summed E-state index contributed by atoms with van der Waals surface area (Å²) >= 11 is 1.23. The van der Waals surface area contributed by atoms with E-state index in [-0.39, 0.29) is 28.6 Å². The summed E-state index contributed by atoms with van der Waals surface area (Å²) in [5, 5.41) is 5.10. The molecule has 0 aromatic heterocycles. The Morgan fingerprint density at radius 3 is 2.61 bits per heavy atom. The molecule has 1 atom stereocenters. The number of anilines is 2. The zero-order valence-electron chi connectivity index (χ0n) is 14.6. The van der Waals surface area contributed by atoms with Gasteiger partial charge in [0.25, 0.3) is 0 Å². The van der Waals surface area contributed by atoms with Crippen LogP contribution in [0.5, 0.6) is 5.75 Å². The van der Waals surface area contributed by atoms with E-state index in [1.807, 2.05) is 24.3 Å². The number of hydrogen-bond donors (Lipinski definition) is 2. The maximum absolute atomic E-state index is 12.3. The number of carbonyl (C=O) groups is 2. The molecule has 0 unspecified atom stereocenters. The van der Waals surface area contributed by atoms with Crippen molar-refractivity contribution < 1.29 is 27.5 Å². The number of rotatable bonds is 5. The van der Waals surface area contributed by atoms with Gasteiger partial charge in [-0.25, -0.2) is 0 Å². The molecule has 2 N–H and O–H groups in total. The predicted octanol–water partition coefficient (Wildman–Crippen LogP) is 4.21. The van der Waals surface area contributed by atoms with Crippen LogP contribution in [0.4, 0.5) is 24.5 Å². The summed E-state index contributed by atoms with van der Waals surface area (Å²) in [6.07, 6.45) is -3.42. The van der Waals surface area contributed by atoms with Crippen LogP contribution in [0.1, 0.15) is 12.0 Å². The van der Waals surface area contributed by atoms with Crippen molar-refractivity contribution in [1.82, 2.24) is 0 Å². The number of amides is 2. The van der Waals surface area contributed by atoms with E-state index in [4.69, 9.17) is 0 Å². The van der Waals surface area contributed by atoms with Crippen molar-refractivity contribution in [3.8, 4) is 5.75 Å². The van der Waals surface area contributed by atoms with Crippen molar-refractivity contribution in [3.63, 3.8) is 0 Å². The molecule has 0 saturated carbocycles. The van der Waals surface area contributed by atoms with Gasteiger partial charge >= 0.3 is 6.36 Å². The minimum atomic E-state index is -4.76. The Kier molecular flexibility index (Phi) is 6.13. The van der Waals surface area contributed by atoms with E-state index in [0.29, 0.717) is 12.1 Å². The first-order valence-electron chi connectivity index (χ1n) is 8.46. The molecule has 3 rings (SSSR count). The molecule has 148 valence electrons. The number of para-hydroxylation sites is 1. The smallest absolute Gasteiger partial charge is 0.406 e. The van der Waals surface area contributed by atoms with Gasteiger partial charge in [0.15, 0.2) is 0 Å². The van der Waals surface area contributed by atoms with Crippen molar-refractivity contribution in [2.75, 3.05) is 16.4 Å². The molecule has 0 aliphatic carbocycles. The van der Waals surface area contributed by atoms with Crippen LogP contribution in [-0.4, -0.2) is 29.2 Å². The van der Waals surface area contributed by atoms with Gasteiger partial charge < -0.3 is 15.4 Å². The molecule has 0 bridgehead atoms. The van der Waals surface area contributed by atoms with Gasteiger partial charge in [-0.1, -0.05) is 18.2 Å². The van der Waals surface area contributed by atoms with Crippen LogP contribution < -0.4 is 15.4 Å². The van der Waals surface area contributed by atoms with Gasteiger partial charge in [-0.3, -0.25) is 9.59 Å². The summed E-state index contributed by atoms with van der Waals surface area (Å²) in [6, 6.07) is 12.4. The Morgan fingerprint density at radius 2 is 1.89 bits per heavy atom. The minimum absolute atomic E-state index is 0.0508. The van der Waals surface area contributed by atoms with Crippen LogP contribution in [0, 0.1) is 0 Å². The molecular weight excluding hydrogens is 393 g/mol. The molecule has 28 heavy (non-hydrogen) atoms. The molecule has 1 heterocycles. The highest BCUT2D eigenvalue weighted by Gasteiger charge is 2.31. The number of thioether (sulfide) groups is 1. The third kappa shape index (κ3) is 5.66. The summed E-state index contributed by atoms with van der Waals surface area (Å²) in [5.74, 6) is -0.801. The topological polar surface area (TPSA) is 67.4 Å². The first-order chi connectivity index (χ1) is 13.3. The zero-order valence-corrected chi connectivity index (χ0v) is 15.4. The number of benzene rings is 2. The lowest BCUT2D eigenvalue weighted by molar-refractivity contribution is -0.274. The molecule has 1 aliphatic rings. The first-order valence-corrected chi connectivity index (χ1v) is 9.51. The number of carbonyl (C=O) groups excluding carboxylic acids is 2. The molecule has 0 saturated heterocycles. The quantitative estimate of drug-likeness (QED) is 0.775. The second-order valence-corrected chi connectivity index (χ2v) is 7.30. The number of alkyl halides is 3. The van der Waals surface area contributed by atoms with Gasteiger partial charge in [-0.05, 0) is 48.7 Å². The maximum Gasteiger partial charge on any atom is 0.573 e. The van der Waals surface area contributed by atoms with Crippen LogP contribution in [0.15, 0.2) is 48.5 Å². The van der Waals surface area contributed by atoms with E-state index in [9.17, 15) is 22.8 Å². The average molecular weight is 410 g/mol. The van der Waals surface area contributed by atoms with Crippen LogP contribution >= 0.6 is 11.8 Å². The molecule has 2 amide bonds. The molecule has 1 aliphatic heterocycles. The fourth-order valence-corrected chi connectivity index (χ4v) is 3.68. The molecular formula is C19H17F3N2O3S. The SMILES string of the molecule is O=C(CS[C@@H]1CCc2ccccc2NC1=O)Nc1ccc(OC(F)(F)F)cc1. The standard InChI is InChI=1S/C19H17F3N2O3S/c20-19(21,22)27-14-8-6-13(7-9-14)23-17(25)11-28-16-10-5-12-3-1-2-4-15(12)24-18(16)26/h1-4,6-9,16H,5,10-11H2,(H,23,25)(H,24,26)/t16-/m1/s1. The molecule has 2 aromatic rings. The summed E-state index contributed by atoms with van der Waals surface area (Å²) in [4.78, 5) is 24.4. The van der Waals surface area contributed by atoms with E-state index >= 15 is 0 Å². The molecule has 0 spiro atoms. The fourth-order valence-electron chi connectivity index (χ4n) is 2.76. The van der Waals surface area contributed by atoms with Crippen molar-refractivity contribution in [1.29, 1.82) is 0 Å². The third-order valence-electron chi connectivity index (χ3n) is 4.03. The summed E-state index contributed by atoms with van der Waals surface area (Å²) in [5.41, 5.74) is 2.20. The second-order valence-electron chi connectivity index (χ2n) is 6.11. The van der Waals surface area contributed by atoms with Gasteiger partial charge in [0.05, 0.1) is 11.0 Å². The van der Waals surface area contributed by atoms with E-state index in [1.54, 1.807) is 0 Å². The number of ether oxygens (including phenoxy) is 1. The van der Waals surface area contributed by atoms with E-state index in [2.05, 4.69) is 15.4 Å². The van der Waals surface area contributed by atoms with Gasteiger partial charge in [0.2, 0.25) is 11.8 Å². The third-order valence-corrected chi connectivity index (χ3v) is 5.31. The lowest BCUT2D eigenvalue weighted by Crippen LogP contribution is -2.26. The molecule has 0 radical (unpaired) electrons. The summed E-state index contributed by atoms with van der Waals surface area (Å²) < 4.78 is 40.2. The Hall–Kier alpha value is -2.68. The minimum Gasteiger partial charge on any atom is -0.406 e. The molecule has 9 heteroatoms. The molecule has 5 nitrogen and oxygen atoms in total. The molecule has 0 fully saturated rings. The normalized spacial score (nSPS) is 16.5. The average Bonchev–Trinajstić information content (AvgIpc) is 2.79. The van der Waals surface area contributed by atoms with Gasteiger partial charge in [-0.2, -0.15) is 0 Å². The Labute approximate surface area is 163 Å². The van der Waals surface area contributed by atoms with Crippen molar-refractivity contribution in [2.24, 2.45) is 0 Å². The number of halogens is 3. The Balaban J connectivity index is 1.50. The van der Waals surface area contributed by atoms with Gasteiger partial charge in [0.1, 0.15) is 5.75 Å². The fraction of sp³-hybridized carbons (Fsp3) is 0.263. The monoisotopic (exact) mass is 410 g/mol. The van der Waals surface area contributed by atoms with E-state index in [1.165, 1.54) is 23.9 Å². The van der Waals surface area contributed by atoms with Gasteiger partial charge in [-0.15, -0.1) is 24.9 Å². The number of hydrogen-bond acceptors (Lipinski definition) is 4. The number of aryl methyl sites for hydroxylation is 1. The zero-order chi connectivity index (χ0) is 20.1. The molecule has 2 aromatic carbocycles. The number of nitrogens with one attached hydrogen (secondary N) is 2. The van der Waals surface area contributed by atoms with E-state index < -0.39 is 6.36 Å². The summed E-state index contributed by atoms with van der Waals surface area (Å²) in [6.45, 7) is 0. The largest absolute Gasteiger partial charge is 0.573 e. The van der Waals surface area contributed by atoms with Crippen LogP contribution in [-0.2, 0) is 16.0 Å². The van der Waals surface area contributed by atoms with Crippen molar-refractivity contribution >= 4 is 35.0 Å². The highest BCUT2D eigenvalue weighted by Crippen LogP contribution is 2.27. The van der Waals surface area contributed by atoms with Crippen LogP contribution in [0.2, 0.25) is 0 Å². The highest BCUT2D eigenvalue weighted by molar-refractivity contribution is 8.01. The Morgan fingerprint density at radius 1 is 1.18 bits per heavy atom. The van der Waals surface area contributed by atoms with Crippen LogP contribution in [0.3, 0.4) is 0 Å². The lowest BCUT2D eigenvalue weighted by Gasteiger charge is -2.13. The Bertz CT molecular complexity index is 856. The first kappa shape index (κ1) is 20.1. The van der Waals surface area contributed by atoms with Crippen molar-refractivity contribution in [3.05, 3.63) is 54.1 Å². The van der Waals surface area contributed by atoms with Crippen molar-refractivity contribution in [2.45, 2.75) is 24.5 Å². The summed E-state index contributed by atoms with van der Waals surface area (Å²) in [7, 11) is 0.